The monoisotopic (exact) mass is 252 g/mol. The largest absolute Gasteiger partial charge is 0.337 e. The van der Waals surface area contributed by atoms with Crippen molar-refractivity contribution in [1.82, 2.24) is 10.6 Å². The van der Waals surface area contributed by atoms with Crippen molar-refractivity contribution in [3.05, 3.63) is 35.6 Å². The Morgan fingerprint density at radius 2 is 1.94 bits per heavy atom. The van der Waals surface area contributed by atoms with E-state index in [4.69, 9.17) is 0 Å². The summed E-state index contributed by atoms with van der Waals surface area (Å²) in [6.07, 6.45) is 0. The molecule has 2 amide bonds. The molecule has 3 nitrogen and oxygen atoms in total. The smallest absolute Gasteiger partial charge is 0.315 e. The number of amides is 2. The maximum atomic E-state index is 13.7. The molecule has 1 rings (SSSR count). The number of benzene rings is 1. The highest BCUT2D eigenvalue weighted by Gasteiger charge is 2.24. The van der Waals surface area contributed by atoms with E-state index in [9.17, 15) is 9.18 Å². The predicted molar refractivity (Wildman–Crippen MR) is 71.1 cm³/mol. The van der Waals surface area contributed by atoms with Crippen LogP contribution in [0.3, 0.4) is 0 Å². The minimum absolute atomic E-state index is 0.0848. The molecule has 0 saturated carbocycles. The van der Waals surface area contributed by atoms with Crippen molar-refractivity contribution >= 4 is 6.03 Å². The van der Waals surface area contributed by atoms with Crippen LogP contribution >= 0.6 is 0 Å². The van der Waals surface area contributed by atoms with Crippen LogP contribution in [0.25, 0.3) is 0 Å². The number of hydrogen-bond acceptors (Lipinski definition) is 1. The van der Waals surface area contributed by atoms with E-state index in [-0.39, 0.29) is 17.9 Å². The third-order valence-corrected chi connectivity index (χ3v) is 2.71. The Kier molecular flexibility index (Phi) is 4.70. The molecule has 4 heteroatoms. The molecule has 0 heterocycles. The third-order valence-electron chi connectivity index (χ3n) is 2.71. The zero-order chi connectivity index (χ0) is 13.8. The Balaban J connectivity index is 2.65. The molecule has 0 aliphatic rings. The average Bonchev–Trinajstić information content (AvgIpc) is 2.26. The van der Waals surface area contributed by atoms with Crippen molar-refractivity contribution in [2.24, 2.45) is 0 Å². The van der Waals surface area contributed by atoms with Crippen LogP contribution in [0.1, 0.15) is 33.3 Å². The highest BCUT2D eigenvalue weighted by atomic mass is 19.1. The second kappa shape index (κ2) is 5.85. The quantitative estimate of drug-likeness (QED) is 0.850. The van der Waals surface area contributed by atoms with Gasteiger partial charge in [-0.1, -0.05) is 32.0 Å². The minimum atomic E-state index is -0.445. The first kappa shape index (κ1) is 14.5. The fourth-order valence-electron chi connectivity index (χ4n) is 1.72. The van der Waals surface area contributed by atoms with Crippen molar-refractivity contribution in [2.45, 2.75) is 39.2 Å². The number of carbonyl (C=O) groups is 1. The van der Waals surface area contributed by atoms with Gasteiger partial charge < -0.3 is 10.6 Å². The van der Waals surface area contributed by atoms with Gasteiger partial charge in [-0.2, -0.15) is 0 Å². The average molecular weight is 252 g/mol. The van der Waals surface area contributed by atoms with E-state index < -0.39 is 5.41 Å². The van der Waals surface area contributed by atoms with Crippen LogP contribution < -0.4 is 10.6 Å². The van der Waals surface area contributed by atoms with Gasteiger partial charge in [0.05, 0.1) is 0 Å². The van der Waals surface area contributed by atoms with E-state index in [1.54, 1.807) is 18.2 Å². The maximum Gasteiger partial charge on any atom is 0.315 e. The van der Waals surface area contributed by atoms with E-state index in [1.807, 2.05) is 27.7 Å². The summed E-state index contributed by atoms with van der Waals surface area (Å²) in [5.74, 6) is -0.242. The molecule has 0 spiro atoms. The first-order valence-electron chi connectivity index (χ1n) is 6.12. The van der Waals surface area contributed by atoms with Gasteiger partial charge >= 0.3 is 6.03 Å². The Morgan fingerprint density at radius 1 is 1.33 bits per heavy atom. The molecule has 0 bridgehead atoms. The standard InChI is InChI=1S/C14H21FN2O/c1-10(2)17-13(18)16-9-14(3,4)11-7-5-6-8-12(11)15/h5-8,10H,9H2,1-4H3,(H2,16,17,18). The second-order valence-corrected chi connectivity index (χ2v) is 5.35. The second-order valence-electron chi connectivity index (χ2n) is 5.35. The summed E-state index contributed by atoms with van der Waals surface area (Å²) in [7, 11) is 0. The Bertz CT molecular complexity index is 416. The van der Waals surface area contributed by atoms with E-state index in [2.05, 4.69) is 10.6 Å². The van der Waals surface area contributed by atoms with E-state index >= 15 is 0 Å². The van der Waals surface area contributed by atoms with Crippen LogP contribution in [0.4, 0.5) is 9.18 Å². The topological polar surface area (TPSA) is 41.1 Å². The Hall–Kier alpha value is -1.58. The van der Waals surface area contributed by atoms with Gasteiger partial charge in [0.2, 0.25) is 0 Å². The third kappa shape index (κ3) is 4.02. The first-order valence-corrected chi connectivity index (χ1v) is 6.12. The molecule has 1 aromatic carbocycles. The van der Waals surface area contributed by atoms with Crippen molar-refractivity contribution in [3.8, 4) is 0 Å². The summed E-state index contributed by atoms with van der Waals surface area (Å²) in [4.78, 5) is 11.5. The zero-order valence-electron chi connectivity index (χ0n) is 11.4. The lowest BCUT2D eigenvalue weighted by molar-refractivity contribution is 0.236. The maximum absolute atomic E-state index is 13.7. The van der Waals surface area contributed by atoms with E-state index in [1.165, 1.54) is 6.07 Å². The normalized spacial score (nSPS) is 11.4. The summed E-state index contributed by atoms with van der Waals surface area (Å²) < 4.78 is 13.7. The lowest BCUT2D eigenvalue weighted by Gasteiger charge is -2.26. The Labute approximate surface area is 108 Å². The van der Waals surface area contributed by atoms with Crippen molar-refractivity contribution in [1.29, 1.82) is 0 Å². The molecule has 2 N–H and O–H groups in total. The molecule has 0 aliphatic carbocycles. The summed E-state index contributed by atoms with van der Waals surface area (Å²) in [5.41, 5.74) is 0.162. The predicted octanol–water partition coefficient (Wildman–Crippen LogP) is 2.81. The summed E-state index contributed by atoms with van der Waals surface area (Å²) in [5, 5.41) is 5.50. The van der Waals surface area contributed by atoms with Gasteiger partial charge in [-0.15, -0.1) is 0 Å². The van der Waals surface area contributed by atoms with E-state index in [0.29, 0.717) is 12.1 Å². The number of halogens is 1. The molecule has 1 aromatic rings. The molecule has 0 unspecified atom stereocenters. The van der Waals surface area contributed by atoms with Gasteiger partial charge in [0.1, 0.15) is 5.82 Å². The summed E-state index contributed by atoms with van der Waals surface area (Å²) in [6.45, 7) is 7.97. The fourth-order valence-corrected chi connectivity index (χ4v) is 1.72. The minimum Gasteiger partial charge on any atom is -0.337 e. The molecule has 0 fully saturated rings. The molecule has 18 heavy (non-hydrogen) atoms. The Morgan fingerprint density at radius 3 is 2.50 bits per heavy atom. The molecular formula is C14H21FN2O. The summed E-state index contributed by atoms with van der Waals surface area (Å²) in [6, 6.07) is 6.50. The number of hydrogen-bond donors (Lipinski definition) is 2. The van der Waals surface area contributed by atoms with Gasteiger partial charge in [-0.3, -0.25) is 0 Å². The van der Waals surface area contributed by atoms with E-state index in [0.717, 1.165) is 0 Å². The molecule has 0 radical (unpaired) electrons. The van der Waals surface area contributed by atoms with Gasteiger partial charge in [0.15, 0.2) is 0 Å². The van der Waals surface area contributed by atoms with Crippen molar-refractivity contribution in [2.75, 3.05) is 6.54 Å². The van der Waals surface area contributed by atoms with Crippen LogP contribution in [0.5, 0.6) is 0 Å². The van der Waals surface area contributed by atoms with Crippen LogP contribution in [0.2, 0.25) is 0 Å². The number of nitrogens with one attached hydrogen (secondary N) is 2. The van der Waals surface area contributed by atoms with Crippen LogP contribution in [-0.4, -0.2) is 18.6 Å². The first-order chi connectivity index (χ1) is 8.33. The van der Waals surface area contributed by atoms with Gasteiger partial charge in [0.25, 0.3) is 0 Å². The van der Waals surface area contributed by atoms with Crippen LogP contribution in [-0.2, 0) is 5.41 Å². The lowest BCUT2D eigenvalue weighted by Crippen LogP contribution is -2.44. The molecule has 0 atom stereocenters. The number of carbonyl (C=O) groups excluding carboxylic acids is 1. The number of urea groups is 1. The van der Waals surface area contributed by atoms with Crippen LogP contribution in [0, 0.1) is 5.82 Å². The molecule has 100 valence electrons. The van der Waals surface area contributed by atoms with Crippen molar-refractivity contribution in [3.63, 3.8) is 0 Å². The SMILES string of the molecule is CC(C)NC(=O)NCC(C)(C)c1ccccc1F. The highest BCUT2D eigenvalue weighted by molar-refractivity contribution is 5.74. The van der Waals surface area contributed by atoms with Crippen LogP contribution in [0.15, 0.2) is 24.3 Å². The lowest BCUT2D eigenvalue weighted by atomic mass is 9.84. The molecular weight excluding hydrogens is 231 g/mol. The van der Waals surface area contributed by atoms with Gasteiger partial charge in [-0.25, -0.2) is 9.18 Å². The molecule has 0 saturated heterocycles. The van der Waals surface area contributed by atoms with Gasteiger partial charge in [0, 0.05) is 18.0 Å². The number of rotatable bonds is 4. The molecule has 0 aliphatic heterocycles. The highest BCUT2D eigenvalue weighted by Crippen LogP contribution is 2.24. The fraction of sp³-hybridized carbons (Fsp3) is 0.500. The zero-order valence-corrected chi connectivity index (χ0v) is 11.4. The molecule has 0 aromatic heterocycles. The summed E-state index contributed by atoms with van der Waals surface area (Å²) >= 11 is 0. The van der Waals surface area contributed by atoms with Crippen molar-refractivity contribution < 1.29 is 9.18 Å². The van der Waals surface area contributed by atoms with Gasteiger partial charge in [-0.05, 0) is 25.5 Å².